The van der Waals surface area contributed by atoms with Crippen LogP contribution in [0.15, 0.2) is 18.2 Å². The van der Waals surface area contributed by atoms with E-state index in [1.54, 1.807) is 18.2 Å². The summed E-state index contributed by atoms with van der Waals surface area (Å²) in [5, 5.41) is 3.19. The van der Waals surface area contributed by atoms with Crippen molar-refractivity contribution in [3.8, 4) is 0 Å². The van der Waals surface area contributed by atoms with Gasteiger partial charge >= 0.3 is 0 Å². The quantitative estimate of drug-likeness (QED) is 0.636. The zero-order valence-electron chi connectivity index (χ0n) is 10.4. The van der Waals surface area contributed by atoms with E-state index >= 15 is 0 Å². The van der Waals surface area contributed by atoms with E-state index in [1.165, 1.54) is 0 Å². The first-order valence-corrected chi connectivity index (χ1v) is 5.66. The summed E-state index contributed by atoms with van der Waals surface area (Å²) in [4.78, 5) is 13.4. The molecule has 0 aliphatic heterocycles. The molecule has 5 heteroatoms. The van der Waals surface area contributed by atoms with Gasteiger partial charge in [0, 0.05) is 24.5 Å². The van der Waals surface area contributed by atoms with Gasteiger partial charge in [-0.25, -0.2) is 0 Å². The Morgan fingerprint density at radius 2 is 2.18 bits per heavy atom. The molecular weight excluding hydrogens is 216 g/mol. The molecule has 1 rings (SSSR count). The predicted octanol–water partition coefficient (Wildman–Crippen LogP) is 0.731. The minimum atomic E-state index is -0.469. The van der Waals surface area contributed by atoms with Crippen LogP contribution >= 0.6 is 0 Å². The van der Waals surface area contributed by atoms with Crippen molar-refractivity contribution in [1.82, 2.24) is 4.90 Å². The van der Waals surface area contributed by atoms with Crippen LogP contribution < -0.4 is 16.8 Å². The normalized spacial score (nSPS) is 10.5. The zero-order valence-corrected chi connectivity index (χ0v) is 10.4. The molecule has 0 spiro atoms. The first kappa shape index (κ1) is 13.3. The Kier molecular flexibility index (Phi) is 4.78. The lowest BCUT2D eigenvalue weighted by atomic mass is 10.1. The average molecular weight is 236 g/mol. The van der Waals surface area contributed by atoms with Crippen molar-refractivity contribution in [2.24, 2.45) is 5.73 Å². The summed E-state index contributed by atoms with van der Waals surface area (Å²) < 4.78 is 0. The van der Waals surface area contributed by atoms with Crippen LogP contribution in [-0.4, -0.2) is 37.5 Å². The Balaban J connectivity index is 2.67. The molecule has 0 aromatic heterocycles. The number of rotatable bonds is 6. The van der Waals surface area contributed by atoms with Gasteiger partial charge in [0.25, 0.3) is 5.91 Å². The fourth-order valence-electron chi connectivity index (χ4n) is 1.46. The number of nitrogens with zero attached hydrogens (tertiary/aromatic N) is 1. The molecule has 0 saturated heterocycles. The lowest BCUT2D eigenvalue weighted by Gasteiger charge is -2.16. The number of hydrogen-bond donors (Lipinski definition) is 3. The number of carbonyl (C=O) groups excluding carboxylic acids is 1. The number of primary amides is 1. The van der Waals surface area contributed by atoms with Gasteiger partial charge in [0.2, 0.25) is 0 Å². The SMILES string of the molecule is CCN(C)CCNc1ccc(N)cc1C(N)=O. The molecular formula is C12H20N4O. The highest BCUT2D eigenvalue weighted by atomic mass is 16.1. The highest BCUT2D eigenvalue weighted by molar-refractivity contribution is 5.99. The van der Waals surface area contributed by atoms with Crippen molar-refractivity contribution in [2.75, 3.05) is 37.7 Å². The summed E-state index contributed by atoms with van der Waals surface area (Å²) in [6, 6.07) is 5.12. The molecule has 1 amide bonds. The minimum absolute atomic E-state index is 0.434. The molecule has 0 heterocycles. The standard InChI is InChI=1S/C12H20N4O/c1-3-16(2)7-6-15-11-5-4-9(13)8-10(11)12(14)17/h4-5,8,15H,3,6-7,13H2,1-2H3,(H2,14,17). The lowest BCUT2D eigenvalue weighted by Crippen LogP contribution is -2.25. The third-order valence-corrected chi connectivity index (χ3v) is 2.66. The second-order valence-electron chi connectivity index (χ2n) is 3.99. The summed E-state index contributed by atoms with van der Waals surface area (Å²) in [5.41, 5.74) is 12.6. The molecule has 5 N–H and O–H groups in total. The Morgan fingerprint density at radius 1 is 1.47 bits per heavy atom. The molecule has 0 fully saturated rings. The molecule has 94 valence electrons. The number of carbonyl (C=O) groups is 1. The van der Waals surface area contributed by atoms with Crippen molar-refractivity contribution in [2.45, 2.75) is 6.92 Å². The van der Waals surface area contributed by atoms with Gasteiger partial charge in [0.15, 0.2) is 0 Å². The summed E-state index contributed by atoms with van der Waals surface area (Å²) >= 11 is 0. The second kappa shape index (κ2) is 6.10. The van der Waals surface area contributed by atoms with Crippen molar-refractivity contribution in [1.29, 1.82) is 0 Å². The third-order valence-electron chi connectivity index (χ3n) is 2.66. The predicted molar refractivity (Wildman–Crippen MR) is 71.0 cm³/mol. The van der Waals surface area contributed by atoms with E-state index in [0.717, 1.165) is 25.3 Å². The van der Waals surface area contributed by atoms with Crippen LogP contribution in [0.25, 0.3) is 0 Å². The number of nitrogens with one attached hydrogen (secondary N) is 1. The maximum atomic E-state index is 11.2. The van der Waals surface area contributed by atoms with Crippen molar-refractivity contribution < 1.29 is 4.79 Å². The topological polar surface area (TPSA) is 84.4 Å². The smallest absolute Gasteiger partial charge is 0.250 e. The van der Waals surface area contributed by atoms with E-state index in [0.29, 0.717) is 11.3 Å². The minimum Gasteiger partial charge on any atom is -0.399 e. The molecule has 0 atom stereocenters. The Morgan fingerprint density at radius 3 is 2.76 bits per heavy atom. The highest BCUT2D eigenvalue weighted by Crippen LogP contribution is 2.18. The number of hydrogen-bond acceptors (Lipinski definition) is 4. The summed E-state index contributed by atoms with van der Waals surface area (Å²) in [5.74, 6) is -0.469. The van der Waals surface area contributed by atoms with E-state index in [1.807, 2.05) is 7.05 Å². The van der Waals surface area contributed by atoms with Crippen LogP contribution in [0.5, 0.6) is 0 Å². The van der Waals surface area contributed by atoms with Crippen LogP contribution in [0.3, 0.4) is 0 Å². The van der Waals surface area contributed by atoms with Gasteiger partial charge in [-0.3, -0.25) is 4.79 Å². The average Bonchev–Trinajstić information content (AvgIpc) is 2.30. The van der Waals surface area contributed by atoms with Crippen LogP contribution in [-0.2, 0) is 0 Å². The summed E-state index contributed by atoms with van der Waals surface area (Å²) in [6.45, 7) is 4.75. The van der Waals surface area contributed by atoms with Crippen molar-refractivity contribution >= 4 is 17.3 Å². The van der Waals surface area contributed by atoms with E-state index < -0.39 is 5.91 Å². The van der Waals surface area contributed by atoms with Gasteiger partial charge in [0.1, 0.15) is 0 Å². The number of anilines is 2. The molecule has 0 radical (unpaired) electrons. The van der Waals surface area contributed by atoms with Gasteiger partial charge in [0.05, 0.1) is 5.56 Å². The zero-order chi connectivity index (χ0) is 12.8. The van der Waals surface area contributed by atoms with Gasteiger partial charge < -0.3 is 21.7 Å². The van der Waals surface area contributed by atoms with E-state index in [9.17, 15) is 4.79 Å². The molecule has 17 heavy (non-hydrogen) atoms. The van der Waals surface area contributed by atoms with Gasteiger partial charge in [-0.05, 0) is 31.8 Å². The molecule has 0 unspecified atom stereocenters. The fraction of sp³-hybridized carbons (Fsp3) is 0.417. The molecule has 0 aliphatic rings. The number of benzene rings is 1. The Bertz CT molecular complexity index is 392. The van der Waals surface area contributed by atoms with Crippen LogP contribution in [0.1, 0.15) is 17.3 Å². The fourth-order valence-corrected chi connectivity index (χ4v) is 1.46. The third kappa shape index (κ3) is 3.96. The van der Waals surface area contributed by atoms with Crippen molar-refractivity contribution in [3.05, 3.63) is 23.8 Å². The lowest BCUT2D eigenvalue weighted by molar-refractivity contribution is 0.100. The molecule has 0 saturated carbocycles. The van der Waals surface area contributed by atoms with Crippen LogP contribution in [0.4, 0.5) is 11.4 Å². The van der Waals surface area contributed by atoms with Gasteiger partial charge in [-0.1, -0.05) is 6.92 Å². The Labute approximate surface area is 102 Å². The number of nitrogens with two attached hydrogens (primary N) is 2. The first-order valence-electron chi connectivity index (χ1n) is 5.66. The van der Waals surface area contributed by atoms with E-state index in [-0.39, 0.29) is 0 Å². The molecule has 0 aliphatic carbocycles. The molecule has 0 bridgehead atoms. The van der Waals surface area contributed by atoms with E-state index in [2.05, 4.69) is 17.1 Å². The number of amides is 1. The maximum Gasteiger partial charge on any atom is 0.250 e. The van der Waals surface area contributed by atoms with Crippen LogP contribution in [0.2, 0.25) is 0 Å². The molecule has 1 aromatic carbocycles. The maximum absolute atomic E-state index is 11.2. The number of likely N-dealkylation sites (N-methyl/N-ethyl adjacent to an activating group) is 1. The van der Waals surface area contributed by atoms with Crippen LogP contribution in [0, 0.1) is 0 Å². The van der Waals surface area contributed by atoms with E-state index in [4.69, 9.17) is 11.5 Å². The van der Waals surface area contributed by atoms with Gasteiger partial charge in [-0.2, -0.15) is 0 Å². The second-order valence-corrected chi connectivity index (χ2v) is 3.99. The first-order chi connectivity index (χ1) is 8.04. The monoisotopic (exact) mass is 236 g/mol. The summed E-state index contributed by atoms with van der Waals surface area (Å²) in [7, 11) is 2.04. The molecule has 5 nitrogen and oxygen atoms in total. The van der Waals surface area contributed by atoms with Gasteiger partial charge in [-0.15, -0.1) is 0 Å². The largest absolute Gasteiger partial charge is 0.399 e. The highest BCUT2D eigenvalue weighted by Gasteiger charge is 2.08. The summed E-state index contributed by atoms with van der Waals surface area (Å²) in [6.07, 6.45) is 0. The Hall–Kier alpha value is -1.75. The van der Waals surface area contributed by atoms with Crippen molar-refractivity contribution in [3.63, 3.8) is 0 Å². The molecule has 1 aromatic rings. The number of nitrogen functional groups attached to an aromatic ring is 1.